The number of aliphatic hydroxyl groups is 1. The van der Waals surface area contributed by atoms with Crippen LogP contribution >= 0.6 is 11.3 Å². The average molecular weight is 462 g/mol. The van der Waals surface area contributed by atoms with Crippen LogP contribution in [0.1, 0.15) is 73.4 Å². The highest BCUT2D eigenvalue weighted by Gasteiger charge is 2.32. The first-order chi connectivity index (χ1) is 15.3. The lowest BCUT2D eigenvalue weighted by Crippen LogP contribution is -2.43. The number of alkyl carbamates (subject to hydrolysis) is 1. The zero-order valence-corrected chi connectivity index (χ0v) is 19.3. The number of carbonyl (C=O) groups excluding carboxylic acids is 2. The Labute approximate surface area is 191 Å². The Morgan fingerprint density at radius 3 is 2.81 bits per heavy atom. The molecule has 2 aliphatic carbocycles. The van der Waals surface area contributed by atoms with Crippen LogP contribution in [0.3, 0.4) is 0 Å². The number of hydrogen-bond donors (Lipinski definition) is 4. The SMILES string of the molecule is Cc1ncc(CC(=O)Nc2cc([C@@H]3CC[C@H](OC(=O)N[C@H]4CC[C@@](C)(O)CC4)C3)[nH]n2)s1. The summed E-state index contributed by atoms with van der Waals surface area (Å²) in [6.07, 6.45) is 6.80. The maximum absolute atomic E-state index is 12.3. The monoisotopic (exact) mass is 461 g/mol. The molecule has 0 aliphatic heterocycles. The van der Waals surface area contributed by atoms with Crippen molar-refractivity contribution in [1.29, 1.82) is 0 Å². The number of ether oxygens (including phenoxy) is 1. The van der Waals surface area contributed by atoms with E-state index in [4.69, 9.17) is 4.74 Å². The molecule has 4 rings (SSSR count). The van der Waals surface area contributed by atoms with E-state index in [1.54, 1.807) is 6.20 Å². The third-order valence-corrected chi connectivity index (χ3v) is 7.26. The van der Waals surface area contributed by atoms with Gasteiger partial charge in [0.05, 0.1) is 17.0 Å². The van der Waals surface area contributed by atoms with Crippen LogP contribution in [-0.4, -0.2) is 50.0 Å². The molecule has 9 nitrogen and oxygen atoms in total. The van der Waals surface area contributed by atoms with Crippen molar-refractivity contribution < 1.29 is 19.4 Å². The number of nitrogens with zero attached hydrogens (tertiary/aromatic N) is 2. The third kappa shape index (κ3) is 6.07. The second kappa shape index (κ2) is 9.58. The number of rotatable bonds is 6. The fourth-order valence-electron chi connectivity index (χ4n) is 4.51. The van der Waals surface area contributed by atoms with Gasteiger partial charge in [-0.05, 0) is 58.8 Å². The van der Waals surface area contributed by atoms with Crippen molar-refractivity contribution in [3.8, 4) is 0 Å². The molecular formula is C22H31N5O4S. The van der Waals surface area contributed by atoms with E-state index in [0.29, 0.717) is 18.7 Å². The molecule has 2 atom stereocenters. The Balaban J connectivity index is 1.21. The van der Waals surface area contributed by atoms with Gasteiger partial charge in [-0.15, -0.1) is 11.3 Å². The van der Waals surface area contributed by atoms with Crippen LogP contribution in [0.5, 0.6) is 0 Å². The minimum atomic E-state index is -0.622. The summed E-state index contributed by atoms with van der Waals surface area (Å²) in [5.41, 5.74) is 0.318. The summed E-state index contributed by atoms with van der Waals surface area (Å²) in [5.74, 6) is 0.585. The number of aromatic amines is 1. The van der Waals surface area contributed by atoms with Crippen molar-refractivity contribution >= 4 is 29.2 Å². The molecular weight excluding hydrogens is 430 g/mol. The normalized spacial score (nSPS) is 27.8. The van der Waals surface area contributed by atoms with Gasteiger partial charge < -0.3 is 20.5 Å². The quantitative estimate of drug-likeness (QED) is 0.522. The predicted octanol–water partition coefficient (Wildman–Crippen LogP) is 3.41. The van der Waals surface area contributed by atoms with Crippen molar-refractivity contribution in [2.45, 2.75) is 88.9 Å². The predicted molar refractivity (Wildman–Crippen MR) is 121 cm³/mol. The summed E-state index contributed by atoms with van der Waals surface area (Å²) in [5, 5.41) is 24.0. The van der Waals surface area contributed by atoms with Gasteiger partial charge in [0.15, 0.2) is 5.82 Å². The number of hydrogen-bond acceptors (Lipinski definition) is 7. The maximum Gasteiger partial charge on any atom is 0.407 e. The summed E-state index contributed by atoms with van der Waals surface area (Å²) < 4.78 is 5.64. The molecule has 32 heavy (non-hydrogen) atoms. The lowest BCUT2D eigenvalue weighted by atomic mass is 9.84. The van der Waals surface area contributed by atoms with Crippen LogP contribution in [0.4, 0.5) is 10.6 Å². The fourth-order valence-corrected chi connectivity index (χ4v) is 5.30. The standard InChI is InChI=1S/C22H31N5O4S/c1-13-23-12-17(32-13)10-20(28)25-19-11-18(26-27-19)14-3-4-16(9-14)31-21(29)24-15-5-7-22(2,30)8-6-15/h11-12,14-16,30H,3-10H2,1-2H3,(H,24,29)(H2,25,26,27,28)/t14-,15-,16+,22+/m1/s1. The van der Waals surface area contributed by atoms with Crippen LogP contribution in [0, 0.1) is 6.92 Å². The highest BCUT2D eigenvalue weighted by Crippen LogP contribution is 2.36. The summed E-state index contributed by atoms with van der Waals surface area (Å²) in [7, 11) is 0. The largest absolute Gasteiger partial charge is 0.446 e. The molecule has 0 bridgehead atoms. The third-order valence-electron chi connectivity index (χ3n) is 6.35. The number of thiazole rings is 1. The van der Waals surface area contributed by atoms with E-state index in [9.17, 15) is 14.7 Å². The number of aromatic nitrogens is 3. The Kier molecular flexibility index (Phi) is 6.80. The van der Waals surface area contributed by atoms with Gasteiger partial charge in [0.1, 0.15) is 6.10 Å². The Bertz CT molecular complexity index is 946. The molecule has 0 unspecified atom stereocenters. The molecule has 2 amide bonds. The molecule has 174 valence electrons. The summed E-state index contributed by atoms with van der Waals surface area (Å²) >= 11 is 1.51. The lowest BCUT2D eigenvalue weighted by molar-refractivity contribution is -0.115. The number of H-pyrrole nitrogens is 1. The van der Waals surface area contributed by atoms with Crippen LogP contribution in [0.25, 0.3) is 0 Å². The van der Waals surface area contributed by atoms with Gasteiger partial charge in [0, 0.05) is 34.8 Å². The molecule has 0 spiro atoms. The van der Waals surface area contributed by atoms with E-state index in [2.05, 4.69) is 25.8 Å². The van der Waals surface area contributed by atoms with Gasteiger partial charge in [0.25, 0.3) is 0 Å². The van der Waals surface area contributed by atoms with E-state index in [1.807, 2.05) is 19.9 Å². The molecule has 2 aliphatic rings. The number of nitrogens with one attached hydrogen (secondary N) is 3. The summed E-state index contributed by atoms with van der Waals surface area (Å²) in [6, 6.07) is 1.92. The Morgan fingerprint density at radius 1 is 1.31 bits per heavy atom. The molecule has 4 N–H and O–H groups in total. The molecule has 2 aromatic heterocycles. The number of carbonyl (C=O) groups is 2. The fraction of sp³-hybridized carbons (Fsp3) is 0.636. The first kappa shape index (κ1) is 22.7. The van der Waals surface area contributed by atoms with Crippen molar-refractivity contribution in [3.63, 3.8) is 0 Å². The zero-order chi connectivity index (χ0) is 22.7. The van der Waals surface area contributed by atoms with Crippen molar-refractivity contribution in [2.75, 3.05) is 5.32 Å². The molecule has 2 saturated carbocycles. The van der Waals surface area contributed by atoms with E-state index < -0.39 is 5.60 Å². The smallest absolute Gasteiger partial charge is 0.407 e. The zero-order valence-electron chi connectivity index (χ0n) is 18.5. The van der Waals surface area contributed by atoms with Gasteiger partial charge in [-0.25, -0.2) is 9.78 Å². The molecule has 0 aromatic carbocycles. The van der Waals surface area contributed by atoms with Gasteiger partial charge in [-0.2, -0.15) is 5.10 Å². The second-order valence-electron chi connectivity index (χ2n) is 9.23. The topological polar surface area (TPSA) is 129 Å². The van der Waals surface area contributed by atoms with Crippen molar-refractivity contribution in [3.05, 3.63) is 27.8 Å². The first-order valence-corrected chi connectivity index (χ1v) is 12.0. The number of aryl methyl sites for hydroxylation is 1. The van der Waals surface area contributed by atoms with Gasteiger partial charge in [-0.3, -0.25) is 9.89 Å². The molecule has 2 fully saturated rings. The van der Waals surface area contributed by atoms with Gasteiger partial charge in [-0.1, -0.05) is 0 Å². The van der Waals surface area contributed by atoms with E-state index in [1.165, 1.54) is 11.3 Å². The van der Waals surface area contributed by atoms with Gasteiger partial charge in [0.2, 0.25) is 5.91 Å². The molecule has 10 heteroatoms. The highest BCUT2D eigenvalue weighted by atomic mass is 32.1. The van der Waals surface area contributed by atoms with E-state index in [-0.39, 0.29) is 36.5 Å². The number of anilines is 1. The summed E-state index contributed by atoms with van der Waals surface area (Å²) in [6.45, 7) is 3.75. The minimum Gasteiger partial charge on any atom is -0.446 e. The van der Waals surface area contributed by atoms with Crippen molar-refractivity contribution in [2.24, 2.45) is 0 Å². The van der Waals surface area contributed by atoms with Crippen LogP contribution < -0.4 is 10.6 Å². The lowest BCUT2D eigenvalue weighted by Gasteiger charge is -2.33. The number of amides is 2. The van der Waals surface area contributed by atoms with Crippen LogP contribution in [-0.2, 0) is 16.0 Å². The van der Waals surface area contributed by atoms with E-state index in [0.717, 1.165) is 47.7 Å². The van der Waals surface area contributed by atoms with Crippen molar-refractivity contribution in [1.82, 2.24) is 20.5 Å². The average Bonchev–Trinajstić information content (AvgIpc) is 3.45. The minimum absolute atomic E-state index is 0.0626. The molecule has 0 radical (unpaired) electrons. The maximum atomic E-state index is 12.3. The molecule has 2 aromatic rings. The molecule has 2 heterocycles. The molecule has 0 saturated heterocycles. The van der Waals surface area contributed by atoms with Gasteiger partial charge >= 0.3 is 6.09 Å². The second-order valence-corrected chi connectivity index (χ2v) is 10.6. The highest BCUT2D eigenvalue weighted by molar-refractivity contribution is 7.11. The first-order valence-electron chi connectivity index (χ1n) is 11.2. The van der Waals surface area contributed by atoms with E-state index >= 15 is 0 Å². The van der Waals surface area contributed by atoms with Crippen LogP contribution in [0.2, 0.25) is 0 Å². The summed E-state index contributed by atoms with van der Waals surface area (Å²) in [4.78, 5) is 29.6. The van der Waals surface area contributed by atoms with Crippen LogP contribution in [0.15, 0.2) is 12.3 Å². The Hall–Kier alpha value is -2.46. The Morgan fingerprint density at radius 2 is 2.09 bits per heavy atom.